The van der Waals surface area contributed by atoms with Crippen LogP contribution in [0, 0.1) is 0 Å². The van der Waals surface area contributed by atoms with Crippen molar-refractivity contribution in [3.63, 3.8) is 0 Å². The molecule has 0 fully saturated rings. The van der Waals surface area contributed by atoms with E-state index < -0.39 is 0 Å². The largest absolute Gasteiger partial charge is 0.463 e. The highest BCUT2D eigenvalue weighted by molar-refractivity contribution is 5.66. The van der Waals surface area contributed by atoms with Crippen LogP contribution in [0.2, 0.25) is 0 Å². The second-order valence-electron chi connectivity index (χ2n) is 5.04. The lowest BCUT2D eigenvalue weighted by Crippen LogP contribution is -2.11. The minimum absolute atomic E-state index is 0.0285. The maximum atomic E-state index is 10.8. The molecule has 0 aliphatic heterocycles. The standard InChI is InChI=1S/C16H26O4/c1-13(7-5-9-14(2)11-19-12-17)8-6-10-15(3)20-16(4)18/h8-9,12,15H,5-7,10-11H2,1-4H3/b13-8+,14-9?. The Labute approximate surface area is 121 Å². The molecular formula is C16H26O4. The fourth-order valence-corrected chi connectivity index (χ4v) is 1.78. The first-order valence-corrected chi connectivity index (χ1v) is 6.99. The van der Waals surface area contributed by atoms with Crippen molar-refractivity contribution in [2.24, 2.45) is 0 Å². The smallest absolute Gasteiger partial charge is 0.302 e. The highest BCUT2D eigenvalue weighted by atomic mass is 16.5. The minimum Gasteiger partial charge on any atom is -0.463 e. The predicted octanol–water partition coefficient (Wildman–Crippen LogP) is 3.56. The van der Waals surface area contributed by atoms with Gasteiger partial charge in [-0.2, -0.15) is 0 Å². The van der Waals surface area contributed by atoms with E-state index in [0.29, 0.717) is 13.1 Å². The molecule has 20 heavy (non-hydrogen) atoms. The molecule has 1 unspecified atom stereocenters. The third kappa shape index (κ3) is 11.5. The molecule has 114 valence electrons. The summed E-state index contributed by atoms with van der Waals surface area (Å²) in [5.41, 5.74) is 2.38. The first-order chi connectivity index (χ1) is 9.45. The maximum absolute atomic E-state index is 10.8. The van der Waals surface area contributed by atoms with Gasteiger partial charge in [0, 0.05) is 6.92 Å². The quantitative estimate of drug-likeness (QED) is 0.349. The zero-order valence-electron chi connectivity index (χ0n) is 13.0. The monoisotopic (exact) mass is 282 g/mol. The number of ether oxygens (including phenoxy) is 2. The van der Waals surface area contributed by atoms with Gasteiger partial charge in [-0.1, -0.05) is 17.7 Å². The van der Waals surface area contributed by atoms with E-state index in [0.717, 1.165) is 31.3 Å². The van der Waals surface area contributed by atoms with Gasteiger partial charge in [0.1, 0.15) is 6.61 Å². The average Bonchev–Trinajstić information content (AvgIpc) is 2.35. The van der Waals surface area contributed by atoms with Crippen molar-refractivity contribution in [3.05, 3.63) is 23.3 Å². The fourth-order valence-electron chi connectivity index (χ4n) is 1.78. The second kappa shape index (κ2) is 11.3. The Hall–Kier alpha value is -1.58. The van der Waals surface area contributed by atoms with Gasteiger partial charge in [-0.05, 0) is 52.0 Å². The highest BCUT2D eigenvalue weighted by Crippen LogP contribution is 2.10. The number of rotatable bonds is 10. The van der Waals surface area contributed by atoms with Crippen molar-refractivity contribution >= 4 is 12.4 Å². The van der Waals surface area contributed by atoms with Crippen LogP contribution in [0.15, 0.2) is 23.3 Å². The number of hydrogen-bond acceptors (Lipinski definition) is 4. The average molecular weight is 282 g/mol. The maximum Gasteiger partial charge on any atom is 0.302 e. The Balaban J connectivity index is 3.85. The Morgan fingerprint density at radius 3 is 2.35 bits per heavy atom. The number of esters is 1. The summed E-state index contributed by atoms with van der Waals surface area (Å²) in [7, 11) is 0. The first-order valence-electron chi connectivity index (χ1n) is 6.99. The van der Waals surface area contributed by atoms with E-state index in [-0.39, 0.29) is 12.1 Å². The number of hydrogen-bond donors (Lipinski definition) is 0. The van der Waals surface area contributed by atoms with Gasteiger partial charge < -0.3 is 9.47 Å². The number of carbonyl (C=O) groups excluding carboxylic acids is 2. The summed E-state index contributed by atoms with van der Waals surface area (Å²) in [6, 6.07) is 0. The van der Waals surface area contributed by atoms with E-state index in [1.165, 1.54) is 12.5 Å². The molecule has 0 saturated heterocycles. The van der Waals surface area contributed by atoms with Gasteiger partial charge in [-0.25, -0.2) is 0 Å². The van der Waals surface area contributed by atoms with E-state index in [2.05, 4.69) is 23.8 Å². The van der Waals surface area contributed by atoms with Crippen LogP contribution in [-0.4, -0.2) is 25.2 Å². The van der Waals surface area contributed by atoms with Gasteiger partial charge in [0.25, 0.3) is 6.47 Å². The fraction of sp³-hybridized carbons (Fsp3) is 0.625. The molecule has 0 aliphatic rings. The Morgan fingerprint density at radius 2 is 1.75 bits per heavy atom. The zero-order valence-corrected chi connectivity index (χ0v) is 13.0. The van der Waals surface area contributed by atoms with E-state index in [1.807, 2.05) is 13.8 Å². The van der Waals surface area contributed by atoms with Crippen LogP contribution in [0.1, 0.15) is 53.4 Å². The van der Waals surface area contributed by atoms with Crippen LogP contribution in [-0.2, 0) is 19.1 Å². The molecule has 0 saturated carbocycles. The summed E-state index contributed by atoms with van der Waals surface area (Å²) in [4.78, 5) is 20.8. The highest BCUT2D eigenvalue weighted by Gasteiger charge is 2.03. The summed E-state index contributed by atoms with van der Waals surface area (Å²) >= 11 is 0. The van der Waals surface area contributed by atoms with Crippen LogP contribution in [0.5, 0.6) is 0 Å². The molecule has 0 spiro atoms. The third-order valence-electron chi connectivity index (χ3n) is 2.84. The van der Waals surface area contributed by atoms with Gasteiger partial charge in [-0.3, -0.25) is 9.59 Å². The molecule has 1 atom stereocenters. The molecule has 0 aromatic heterocycles. The van der Waals surface area contributed by atoms with Crippen LogP contribution in [0.3, 0.4) is 0 Å². The molecule has 0 amide bonds. The third-order valence-corrected chi connectivity index (χ3v) is 2.84. The van der Waals surface area contributed by atoms with Gasteiger partial charge in [0.15, 0.2) is 0 Å². The molecule has 0 bridgehead atoms. The van der Waals surface area contributed by atoms with Crippen molar-refractivity contribution in [1.82, 2.24) is 0 Å². The molecule has 4 heteroatoms. The molecule has 0 rings (SSSR count). The molecule has 0 aliphatic carbocycles. The molecule has 0 radical (unpaired) electrons. The molecular weight excluding hydrogens is 256 g/mol. The van der Waals surface area contributed by atoms with Crippen molar-refractivity contribution < 1.29 is 19.1 Å². The lowest BCUT2D eigenvalue weighted by Gasteiger charge is -2.10. The first kappa shape index (κ1) is 18.4. The van der Waals surface area contributed by atoms with E-state index in [1.54, 1.807) is 0 Å². The van der Waals surface area contributed by atoms with Crippen LogP contribution >= 0.6 is 0 Å². The molecule has 0 aromatic rings. The van der Waals surface area contributed by atoms with Gasteiger partial charge in [-0.15, -0.1) is 0 Å². The Kier molecular flexibility index (Phi) is 10.4. The molecule has 0 N–H and O–H groups in total. The molecule has 0 heterocycles. The SMILES string of the molecule is CC(=O)OC(C)CC/C=C(\C)CCC=C(C)COC=O. The van der Waals surface area contributed by atoms with Crippen molar-refractivity contribution in [2.45, 2.75) is 59.5 Å². The van der Waals surface area contributed by atoms with E-state index in [9.17, 15) is 9.59 Å². The normalized spacial score (nSPS) is 13.8. The Morgan fingerprint density at radius 1 is 1.10 bits per heavy atom. The predicted molar refractivity (Wildman–Crippen MR) is 79.2 cm³/mol. The number of carbonyl (C=O) groups is 2. The van der Waals surface area contributed by atoms with Crippen LogP contribution < -0.4 is 0 Å². The van der Waals surface area contributed by atoms with Crippen molar-refractivity contribution in [3.8, 4) is 0 Å². The molecule has 0 aromatic carbocycles. The lowest BCUT2D eigenvalue weighted by molar-refractivity contribution is -0.145. The Bertz CT molecular complexity index is 355. The summed E-state index contributed by atoms with van der Waals surface area (Å²) in [6.45, 7) is 8.22. The number of allylic oxidation sites excluding steroid dienone is 3. The lowest BCUT2D eigenvalue weighted by atomic mass is 10.1. The minimum atomic E-state index is -0.226. The van der Waals surface area contributed by atoms with Crippen molar-refractivity contribution in [1.29, 1.82) is 0 Å². The summed E-state index contributed by atoms with van der Waals surface area (Å²) in [6.07, 6.45) is 7.93. The van der Waals surface area contributed by atoms with Crippen molar-refractivity contribution in [2.75, 3.05) is 6.61 Å². The van der Waals surface area contributed by atoms with E-state index in [4.69, 9.17) is 4.74 Å². The summed E-state index contributed by atoms with van der Waals surface area (Å²) < 4.78 is 9.73. The van der Waals surface area contributed by atoms with E-state index >= 15 is 0 Å². The zero-order chi connectivity index (χ0) is 15.4. The topological polar surface area (TPSA) is 52.6 Å². The van der Waals surface area contributed by atoms with Gasteiger partial charge in [0.2, 0.25) is 0 Å². The second-order valence-corrected chi connectivity index (χ2v) is 5.04. The summed E-state index contributed by atoms with van der Waals surface area (Å²) in [5, 5.41) is 0. The van der Waals surface area contributed by atoms with Crippen LogP contribution in [0.25, 0.3) is 0 Å². The van der Waals surface area contributed by atoms with Gasteiger partial charge >= 0.3 is 5.97 Å². The summed E-state index contributed by atoms with van der Waals surface area (Å²) in [5.74, 6) is -0.226. The molecule has 4 nitrogen and oxygen atoms in total. The van der Waals surface area contributed by atoms with Gasteiger partial charge in [0.05, 0.1) is 6.10 Å². The van der Waals surface area contributed by atoms with Crippen LogP contribution in [0.4, 0.5) is 0 Å².